The highest BCUT2D eigenvalue weighted by atomic mass is 35.5. The van der Waals surface area contributed by atoms with Gasteiger partial charge >= 0.3 is 0 Å². The standard InChI is InChI=1S/C7H15ClO3/c8-3-1-2-4-11-6-7(10)5-9/h7,9-10H,1-6H2. The fraction of sp³-hybridized carbons (Fsp3) is 1.00. The Morgan fingerprint density at radius 1 is 1.36 bits per heavy atom. The van der Waals surface area contributed by atoms with Gasteiger partial charge in [0.1, 0.15) is 6.10 Å². The Bertz CT molecular complexity index is 80.1. The van der Waals surface area contributed by atoms with Gasteiger partial charge in [0.2, 0.25) is 0 Å². The van der Waals surface area contributed by atoms with Gasteiger partial charge in [-0.1, -0.05) is 0 Å². The highest BCUT2D eigenvalue weighted by molar-refractivity contribution is 6.17. The number of unbranched alkanes of at least 4 members (excludes halogenated alkanes) is 1. The van der Waals surface area contributed by atoms with Crippen LogP contribution in [0.2, 0.25) is 0 Å². The molecule has 0 aliphatic heterocycles. The molecule has 1 unspecified atom stereocenters. The normalized spacial score (nSPS) is 13.4. The number of hydrogen-bond acceptors (Lipinski definition) is 3. The van der Waals surface area contributed by atoms with Gasteiger partial charge in [0.05, 0.1) is 13.2 Å². The first kappa shape index (κ1) is 11.2. The molecule has 0 spiro atoms. The zero-order valence-corrected chi connectivity index (χ0v) is 7.26. The molecule has 0 bridgehead atoms. The van der Waals surface area contributed by atoms with Gasteiger partial charge in [0, 0.05) is 12.5 Å². The molecule has 0 saturated carbocycles. The van der Waals surface area contributed by atoms with Crippen molar-refractivity contribution in [3.8, 4) is 0 Å². The van der Waals surface area contributed by atoms with Gasteiger partial charge in [-0.2, -0.15) is 0 Å². The van der Waals surface area contributed by atoms with Crippen LogP contribution in [-0.2, 0) is 4.74 Å². The van der Waals surface area contributed by atoms with Crippen LogP contribution in [0.4, 0.5) is 0 Å². The minimum Gasteiger partial charge on any atom is -0.394 e. The van der Waals surface area contributed by atoms with E-state index in [2.05, 4.69) is 0 Å². The molecule has 0 heterocycles. The number of ether oxygens (including phenoxy) is 1. The van der Waals surface area contributed by atoms with E-state index in [0.717, 1.165) is 12.8 Å². The van der Waals surface area contributed by atoms with Crippen molar-refractivity contribution in [2.45, 2.75) is 18.9 Å². The third-order valence-corrected chi connectivity index (χ3v) is 1.46. The molecule has 0 amide bonds. The molecule has 3 nitrogen and oxygen atoms in total. The summed E-state index contributed by atoms with van der Waals surface area (Å²) in [4.78, 5) is 0. The predicted octanol–water partition coefficient (Wildman–Crippen LogP) is 0.375. The molecular formula is C7H15ClO3. The van der Waals surface area contributed by atoms with E-state index in [1.165, 1.54) is 0 Å². The van der Waals surface area contributed by atoms with Crippen molar-refractivity contribution in [2.75, 3.05) is 25.7 Å². The number of halogens is 1. The number of aliphatic hydroxyl groups is 2. The van der Waals surface area contributed by atoms with Crippen molar-refractivity contribution >= 4 is 11.6 Å². The maximum absolute atomic E-state index is 8.81. The van der Waals surface area contributed by atoms with Crippen LogP contribution in [0.25, 0.3) is 0 Å². The lowest BCUT2D eigenvalue weighted by Crippen LogP contribution is -2.19. The van der Waals surface area contributed by atoms with E-state index in [0.29, 0.717) is 12.5 Å². The third-order valence-electron chi connectivity index (χ3n) is 1.19. The molecule has 0 aliphatic carbocycles. The molecule has 4 heteroatoms. The van der Waals surface area contributed by atoms with Crippen LogP contribution in [-0.4, -0.2) is 42.0 Å². The zero-order chi connectivity index (χ0) is 8.53. The fourth-order valence-corrected chi connectivity index (χ4v) is 0.760. The second-order valence-corrected chi connectivity index (χ2v) is 2.69. The molecule has 0 aromatic carbocycles. The van der Waals surface area contributed by atoms with Crippen molar-refractivity contribution in [3.05, 3.63) is 0 Å². The molecule has 68 valence electrons. The van der Waals surface area contributed by atoms with Gasteiger partial charge < -0.3 is 14.9 Å². The third kappa shape index (κ3) is 8.07. The molecule has 11 heavy (non-hydrogen) atoms. The summed E-state index contributed by atoms with van der Waals surface area (Å²) in [5, 5.41) is 17.2. The van der Waals surface area contributed by atoms with Crippen LogP contribution in [0.1, 0.15) is 12.8 Å². The van der Waals surface area contributed by atoms with Gasteiger partial charge in [-0.3, -0.25) is 0 Å². The molecule has 1 atom stereocenters. The van der Waals surface area contributed by atoms with Crippen molar-refractivity contribution in [2.24, 2.45) is 0 Å². The Kier molecular flexibility index (Phi) is 8.40. The van der Waals surface area contributed by atoms with Crippen LogP contribution >= 0.6 is 11.6 Å². The average Bonchev–Trinajstić information content (AvgIpc) is 2.04. The van der Waals surface area contributed by atoms with Gasteiger partial charge in [0.25, 0.3) is 0 Å². The largest absolute Gasteiger partial charge is 0.394 e. The van der Waals surface area contributed by atoms with Crippen LogP contribution < -0.4 is 0 Å². The summed E-state index contributed by atoms with van der Waals surface area (Å²) in [5.41, 5.74) is 0. The zero-order valence-electron chi connectivity index (χ0n) is 6.50. The van der Waals surface area contributed by atoms with Crippen molar-refractivity contribution in [1.29, 1.82) is 0 Å². The van der Waals surface area contributed by atoms with Gasteiger partial charge in [-0.25, -0.2) is 0 Å². The lowest BCUT2D eigenvalue weighted by molar-refractivity contribution is 0.00561. The second kappa shape index (κ2) is 8.27. The SMILES string of the molecule is OCC(O)COCCCCCl. The maximum atomic E-state index is 8.81. The fourth-order valence-electron chi connectivity index (χ4n) is 0.571. The minimum absolute atomic E-state index is 0.207. The van der Waals surface area contributed by atoms with E-state index >= 15 is 0 Å². The summed E-state index contributed by atoms with van der Waals surface area (Å²) in [6, 6.07) is 0. The second-order valence-electron chi connectivity index (χ2n) is 2.31. The van der Waals surface area contributed by atoms with E-state index in [1.54, 1.807) is 0 Å². The molecule has 0 rings (SSSR count). The first-order valence-corrected chi connectivity index (χ1v) is 4.27. The molecule has 0 aromatic rings. The molecule has 0 saturated heterocycles. The Balaban J connectivity index is 2.89. The van der Waals surface area contributed by atoms with E-state index < -0.39 is 6.10 Å². The van der Waals surface area contributed by atoms with Crippen molar-refractivity contribution < 1.29 is 14.9 Å². The van der Waals surface area contributed by atoms with E-state index in [1.807, 2.05) is 0 Å². The van der Waals surface area contributed by atoms with E-state index in [-0.39, 0.29) is 13.2 Å². The number of hydrogen-bond donors (Lipinski definition) is 2. The molecule has 0 aliphatic rings. The molecule has 0 fully saturated rings. The Morgan fingerprint density at radius 2 is 2.09 bits per heavy atom. The van der Waals surface area contributed by atoms with Gasteiger partial charge in [0.15, 0.2) is 0 Å². The van der Waals surface area contributed by atoms with Gasteiger partial charge in [-0.05, 0) is 12.8 Å². The molecule has 0 radical (unpaired) electrons. The van der Waals surface area contributed by atoms with Crippen molar-refractivity contribution in [3.63, 3.8) is 0 Å². The smallest absolute Gasteiger partial charge is 0.100 e. The number of rotatable bonds is 7. The first-order valence-electron chi connectivity index (χ1n) is 3.74. The maximum Gasteiger partial charge on any atom is 0.100 e. The summed E-state index contributed by atoms with van der Waals surface area (Å²) >= 11 is 5.43. The van der Waals surface area contributed by atoms with Crippen molar-refractivity contribution in [1.82, 2.24) is 0 Å². The van der Waals surface area contributed by atoms with Crippen LogP contribution in [0, 0.1) is 0 Å². The first-order chi connectivity index (χ1) is 5.31. The summed E-state index contributed by atoms with van der Waals surface area (Å²) in [6.07, 6.45) is 1.09. The Hall–Kier alpha value is 0.170. The molecule has 2 N–H and O–H groups in total. The Labute approximate surface area is 71.9 Å². The van der Waals surface area contributed by atoms with E-state index in [4.69, 9.17) is 26.6 Å². The Morgan fingerprint density at radius 3 is 2.64 bits per heavy atom. The van der Waals surface area contributed by atoms with Crippen LogP contribution in [0.3, 0.4) is 0 Å². The minimum atomic E-state index is -0.744. The number of aliphatic hydroxyl groups excluding tert-OH is 2. The summed E-state index contributed by atoms with van der Waals surface area (Å²) in [7, 11) is 0. The summed E-state index contributed by atoms with van der Waals surface area (Å²) in [5.74, 6) is 0.645. The van der Waals surface area contributed by atoms with Gasteiger partial charge in [-0.15, -0.1) is 11.6 Å². The highest BCUT2D eigenvalue weighted by Crippen LogP contribution is 1.93. The molecular weight excluding hydrogens is 168 g/mol. The summed E-state index contributed by atoms with van der Waals surface area (Å²) < 4.78 is 5.02. The molecule has 0 aromatic heterocycles. The van der Waals surface area contributed by atoms with Crippen LogP contribution in [0.15, 0.2) is 0 Å². The average molecular weight is 183 g/mol. The predicted molar refractivity (Wildman–Crippen MR) is 43.9 cm³/mol. The topological polar surface area (TPSA) is 49.7 Å². The van der Waals surface area contributed by atoms with E-state index in [9.17, 15) is 0 Å². The van der Waals surface area contributed by atoms with Crippen LogP contribution in [0.5, 0.6) is 0 Å². The lowest BCUT2D eigenvalue weighted by Gasteiger charge is -2.06. The number of alkyl halides is 1. The lowest BCUT2D eigenvalue weighted by atomic mass is 10.3. The highest BCUT2D eigenvalue weighted by Gasteiger charge is 1.99. The summed E-state index contributed by atoms with van der Waals surface area (Å²) in [6.45, 7) is 0.568. The monoisotopic (exact) mass is 182 g/mol. The quantitative estimate of drug-likeness (QED) is 0.442.